The molecular formula is C8H9IN2O2. The maximum atomic E-state index is 10.8. The highest BCUT2D eigenvalue weighted by Crippen LogP contribution is 2.17. The summed E-state index contributed by atoms with van der Waals surface area (Å²) in [6, 6.07) is 0. The van der Waals surface area contributed by atoms with Gasteiger partial charge in [0.1, 0.15) is 6.29 Å². The number of amides is 1. The summed E-state index contributed by atoms with van der Waals surface area (Å²) in [6.07, 6.45) is 4.13. The molecule has 0 unspecified atom stereocenters. The summed E-state index contributed by atoms with van der Waals surface area (Å²) in [5, 5.41) is 0. The predicted molar refractivity (Wildman–Crippen MR) is 57.0 cm³/mol. The number of nitrogens with two attached hydrogens (primary N) is 1. The Labute approximate surface area is 89.6 Å². The van der Waals surface area contributed by atoms with Gasteiger partial charge in [-0.15, -0.1) is 0 Å². The molecule has 0 bridgehead atoms. The molecule has 0 aromatic carbocycles. The standard InChI is InChI=1S/C8H9IN2O2/c9-7-3-6(8(10)13)4-11(5-7)1-2-12/h2-4H,1,5H2,(H2,10,13). The lowest BCUT2D eigenvalue weighted by Crippen LogP contribution is -2.27. The van der Waals surface area contributed by atoms with Crippen molar-refractivity contribution in [3.8, 4) is 0 Å². The largest absolute Gasteiger partial charge is 0.366 e. The van der Waals surface area contributed by atoms with Gasteiger partial charge in [0.2, 0.25) is 5.91 Å². The first-order chi connectivity index (χ1) is 6.13. The second kappa shape index (κ2) is 4.40. The first kappa shape index (κ1) is 10.2. The lowest BCUT2D eigenvalue weighted by atomic mass is 10.2. The van der Waals surface area contributed by atoms with E-state index >= 15 is 0 Å². The van der Waals surface area contributed by atoms with Gasteiger partial charge in [-0.2, -0.15) is 0 Å². The fourth-order valence-electron chi connectivity index (χ4n) is 1.04. The SMILES string of the molecule is NC(=O)C1=CN(CC=O)CC(I)=C1. The third-order valence-corrected chi connectivity index (χ3v) is 2.23. The monoisotopic (exact) mass is 292 g/mol. The van der Waals surface area contributed by atoms with Gasteiger partial charge in [0, 0.05) is 16.3 Å². The van der Waals surface area contributed by atoms with Crippen LogP contribution >= 0.6 is 22.6 Å². The Morgan fingerprint density at radius 2 is 2.46 bits per heavy atom. The van der Waals surface area contributed by atoms with Crippen molar-refractivity contribution in [2.75, 3.05) is 13.1 Å². The lowest BCUT2D eigenvalue weighted by molar-refractivity contribution is -0.114. The van der Waals surface area contributed by atoms with Crippen LogP contribution in [0.5, 0.6) is 0 Å². The molecule has 0 aromatic heterocycles. The van der Waals surface area contributed by atoms with E-state index in [0.29, 0.717) is 12.1 Å². The number of aldehydes is 1. The predicted octanol–water partition coefficient (Wildman–Crippen LogP) is 0.189. The molecule has 0 spiro atoms. The van der Waals surface area contributed by atoms with Gasteiger partial charge in [0.25, 0.3) is 0 Å². The van der Waals surface area contributed by atoms with E-state index in [0.717, 1.165) is 9.87 Å². The van der Waals surface area contributed by atoms with Crippen LogP contribution in [0.25, 0.3) is 0 Å². The van der Waals surface area contributed by atoms with Crippen LogP contribution in [0.4, 0.5) is 0 Å². The molecular weight excluding hydrogens is 283 g/mol. The number of nitrogens with zero attached hydrogens (tertiary/aromatic N) is 1. The first-order valence-corrected chi connectivity index (χ1v) is 4.76. The van der Waals surface area contributed by atoms with Gasteiger partial charge in [-0.1, -0.05) is 0 Å². The molecule has 4 nitrogen and oxygen atoms in total. The smallest absolute Gasteiger partial charge is 0.250 e. The van der Waals surface area contributed by atoms with E-state index in [1.54, 1.807) is 17.2 Å². The van der Waals surface area contributed by atoms with Crippen LogP contribution in [0, 0.1) is 0 Å². The van der Waals surface area contributed by atoms with Crippen LogP contribution in [-0.2, 0) is 9.59 Å². The Morgan fingerprint density at radius 1 is 1.77 bits per heavy atom. The maximum Gasteiger partial charge on any atom is 0.250 e. The minimum Gasteiger partial charge on any atom is -0.366 e. The van der Waals surface area contributed by atoms with Gasteiger partial charge in [-0.25, -0.2) is 0 Å². The topological polar surface area (TPSA) is 63.4 Å². The minimum atomic E-state index is -0.468. The summed E-state index contributed by atoms with van der Waals surface area (Å²) in [5.74, 6) is -0.468. The lowest BCUT2D eigenvalue weighted by Gasteiger charge is -2.21. The van der Waals surface area contributed by atoms with Gasteiger partial charge >= 0.3 is 0 Å². The second-order valence-electron chi connectivity index (χ2n) is 2.64. The summed E-state index contributed by atoms with van der Waals surface area (Å²) in [4.78, 5) is 22.8. The highest BCUT2D eigenvalue weighted by molar-refractivity contribution is 14.1. The van der Waals surface area contributed by atoms with Crippen molar-refractivity contribution in [1.82, 2.24) is 4.90 Å². The maximum absolute atomic E-state index is 10.8. The van der Waals surface area contributed by atoms with Crippen molar-refractivity contribution >= 4 is 34.8 Å². The van der Waals surface area contributed by atoms with Crippen molar-refractivity contribution < 1.29 is 9.59 Å². The number of hydrogen-bond acceptors (Lipinski definition) is 3. The Bertz CT molecular complexity index is 297. The molecule has 1 rings (SSSR count). The zero-order valence-electron chi connectivity index (χ0n) is 6.87. The molecule has 5 heteroatoms. The summed E-state index contributed by atoms with van der Waals surface area (Å²) < 4.78 is 0.996. The fraction of sp³-hybridized carbons (Fsp3) is 0.250. The zero-order chi connectivity index (χ0) is 9.84. The molecule has 1 heterocycles. The van der Waals surface area contributed by atoms with E-state index in [-0.39, 0.29) is 6.54 Å². The Hall–Kier alpha value is -0.850. The molecule has 2 N–H and O–H groups in total. The number of halogens is 1. The molecule has 0 aromatic rings. The molecule has 1 aliphatic heterocycles. The normalized spacial score (nSPS) is 16.2. The van der Waals surface area contributed by atoms with E-state index in [1.807, 2.05) is 0 Å². The number of carbonyl (C=O) groups excluding carboxylic acids is 2. The second-order valence-corrected chi connectivity index (χ2v) is 4.02. The summed E-state index contributed by atoms with van der Waals surface area (Å²) >= 11 is 2.12. The molecule has 0 fully saturated rings. The number of primary amides is 1. The number of carbonyl (C=O) groups is 2. The number of rotatable bonds is 3. The average molecular weight is 292 g/mol. The van der Waals surface area contributed by atoms with E-state index in [1.165, 1.54) is 0 Å². The van der Waals surface area contributed by atoms with Gasteiger partial charge in [-0.3, -0.25) is 4.79 Å². The van der Waals surface area contributed by atoms with Crippen LogP contribution < -0.4 is 5.73 Å². The van der Waals surface area contributed by atoms with E-state index < -0.39 is 5.91 Å². The molecule has 0 atom stereocenters. The molecule has 70 valence electrons. The molecule has 0 saturated carbocycles. The van der Waals surface area contributed by atoms with E-state index in [2.05, 4.69) is 22.6 Å². The molecule has 0 aliphatic carbocycles. The molecule has 13 heavy (non-hydrogen) atoms. The van der Waals surface area contributed by atoms with Crippen LogP contribution in [0.1, 0.15) is 0 Å². The van der Waals surface area contributed by atoms with Gasteiger partial charge in [-0.05, 0) is 28.7 Å². The highest BCUT2D eigenvalue weighted by Gasteiger charge is 2.12. The zero-order valence-corrected chi connectivity index (χ0v) is 9.02. The van der Waals surface area contributed by atoms with Gasteiger partial charge in [0.15, 0.2) is 0 Å². The molecule has 0 radical (unpaired) electrons. The molecule has 1 aliphatic rings. The minimum absolute atomic E-state index is 0.289. The fourth-order valence-corrected chi connectivity index (χ4v) is 1.81. The van der Waals surface area contributed by atoms with Gasteiger partial charge in [0.05, 0.1) is 12.1 Å². The first-order valence-electron chi connectivity index (χ1n) is 3.69. The van der Waals surface area contributed by atoms with Gasteiger partial charge < -0.3 is 15.4 Å². The molecule has 0 saturated heterocycles. The Balaban J connectivity index is 2.81. The van der Waals surface area contributed by atoms with Crippen LogP contribution in [0.15, 0.2) is 21.4 Å². The third kappa shape index (κ3) is 2.83. The third-order valence-electron chi connectivity index (χ3n) is 1.58. The summed E-state index contributed by atoms with van der Waals surface area (Å²) in [6.45, 7) is 0.952. The summed E-state index contributed by atoms with van der Waals surface area (Å²) in [7, 11) is 0. The Morgan fingerprint density at radius 3 is 3.00 bits per heavy atom. The van der Waals surface area contributed by atoms with E-state index in [9.17, 15) is 9.59 Å². The van der Waals surface area contributed by atoms with Crippen LogP contribution in [0.3, 0.4) is 0 Å². The quantitative estimate of drug-likeness (QED) is 0.596. The van der Waals surface area contributed by atoms with Crippen molar-refractivity contribution in [1.29, 1.82) is 0 Å². The van der Waals surface area contributed by atoms with E-state index in [4.69, 9.17) is 5.73 Å². The van der Waals surface area contributed by atoms with Crippen molar-refractivity contribution in [3.05, 3.63) is 21.4 Å². The van der Waals surface area contributed by atoms with Crippen molar-refractivity contribution in [2.24, 2.45) is 5.73 Å². The number of hydrogen-bond donors (Lipinski definition) is 1. The van der Waals surface area contributed by atoms with Crippen LogP contribution in [0.2, 0.25) is 0 Å². The van der Waals surface area contributed by atoms with Crippen molar-refractivity contribution in [2.45, 2.75) is 0 Å². The van der Waals surface area contributed by atoms with Crippen LogP contribution in [-0.4, -0.2) is 30.2 Å². The summed E-state index contributed by atoms with van der Waals surface area (Å²) in [5.41, 5.74) is 5.56. The Kier molecular flexibility index (Phi) is 3.47. The highest BCUT2D eigenvalue weighted by atomic mass is 127. The molecule has 1 amide bonds. The average Bonchev–Trinajstić information content (AvgIpc) is 2.03. The van der Waals surface area contributed by atoms with Crippen molar-refractivity contribution in [3.63, 3.8) is 0 Å².